The molecule has 0 aliphatic carbocycles. The van der Waals surface area contributed by atoms with Crippen molar-refractivity contribution in [3.05, 3.63) is 49.0 Å². The number of aliphatic hydroxyl groups excluding tert-OH is 2. The van der Waals surface area contributed by atoms with E-state index in [0.717, 1.165) is 56.1 Å². The Morgan fingerprint density at radius 3 is 1.57 bits per heavy atom. The molecule has 0 aromatic carbocycles. The number of unbranched alkanes of at least 4 members (excludes halogenated alkanes) is 1. The minimum Gasteiger partial charge on any atom is -0.396 e. The summed E-state index contributed by atoms with van der Waals surface area (Å²) in [5.41, 5.74) is -8.97. The van der Waals surface area contributed by atoms with Gasteiger partial charge >= 0.3 is 31.3 Å². The number of halogens is 6. The van der Waals surface area contributed by atoms with Crippen LogP contribution in [-0.2, 0) is 38.1 Å². The lowest BCUT2D eigenvalue weighted by Gasteiger charge is -2.21. The second-order valence-corrected chi connectivity index (χ2v) is 17.4. The van der Waals surface area contributed by atoms with Crippen LogP contribution in [0.25, 0.3) is 0 Å². The van der Waals surface area contributed by atoms with Crippen LogP contribution in [0.15, 0.2) is 49.0 Å². The van der Waals surface area contributed by atoms with Gasteiger partial charge in [0.05, 0.1) is 30.5 Å². The molecule has 2 saturated heterocycles. The largest absolute Gasteiger partial charge is 0.534 e. The maximum absolute atomic E-state index is 12.4. The van der Waals surface area contributed by atoms with E-state index >= 15 is 0 Å². The molecule has 2 N–H and O–H groups in total. The van der Waals surface area contributed by atoms with Gasteiger partial charge in [-0.3, -0.25) is 0 Å². The third-order valence-corrected chi connectivity index (χ3v) is 11.3. The van der Waals surface area contributed by atoms with E-state index in [2.05, 4.69) is 41.6 Å². The van der Waals surface area contributed by atoms with Crippen molar-refractivity contribution in [1.29, 1.82) is 0 Å². The van der Waals surface area contributed by atoms with Gasteiger partial charge in [0.15, 0.2) is 0 Å². The van der Waals surface area contributed by atoms with Crippen LogP contribution in [0, 0.1) is 17.8 Å². The first-order valence-corrected chi connectivity index (χ1v) is 20.9. The van der Waals surface area contributed by atoms with Crippen molar-refractivity contribution in [3.8, 4) is 0 Å². The quantitative estimate of drug-likeness (QED) is 0.0357. The summed E-state index contributed by atoms with van der Waals surface area (Å²) in [7, 11) is -11.4. The fourth-order valence-corrected chi connectivity index (χ4v) is 7.15. The van der Waals surface area contributed by atoms with Crippen LogP contribution in [0.2, 0.25) is 0 Å². The maximum atomic E-state index is 12.4. The fraction of sp³-hybridized carbons (Fsp3) is 0.778. The van der Waals surface area contributed by atoms with Crippen molar-refractivity contribution in [3.63, 3.8) is 0 Å². The molecule has 0 bridgehead atoms. The number of aliphatic hydroxyl groups is 2. The Labute approximate surface area is 316 Å². The normalized spacial score (nSPS) is 23.3. The topological polar surface area (TPSA) is 146 Å². The Kier molecular flexibility index (Phi) is 20.3. The zero-order valence-electron chi connectivity index (χ0n) is 31.6. The lowest BCUT2D eigenvalue weighted by molar-refractivity contribution is -0.0531. The first kappa shape index (κ1) is 49.9. The van der Waals surface area contributed by atoms with Crippen LogP contribution >= 0.6 is 0 Å². The highest BCUT2D eigenvalue weighted by molar-refractivity contribution is 7.88. The number of ether oxygens (including phenoxy) is 2. The van der Waals surface area contributed by atoms with Crippen LogP contribution in [0.5, 0.6) is 0 Å². The van der Waals surface area contributed by atoms with E-state index in [9.17, 15) is 48.3 Å². The third-order valence-electron chi connectivity index (χ3n) is 9.33. The molecule has 18 heteroatoms. The minimum absolute atomic E-state index is 0.000647. The maximum Gasteiger partial charge on any atom is 0.534 e. The lowest BCUT2D eigenvalue weighted by atomic mass is 9.91. The number of hydrogen-bond donors (Lipinski definition) is 2. The highest BCUT2D eigenvalue weighted by atomic mass is 32.2. The molecule has 10 nitrogen and oxygen atoms in total. The molecule has 0 unspecified atom stereocenters. The van der Waals surface area contributed by atoms with Crippen molar-refractivity contribution < 1.29 is 71.2 Å². The van der Waals surface area contributed by atoms with Gasteiger partial charge in [0.25, 0.3) is 0 Å². The summed E-state index contributed by atoms with van der Waals surface area (Å²) in [6.07, 6.45) is 8.21. The van der Waals surface area contributed by atoms with Crippen molar-refractivity contribution >= 4 is 20.2 Å². The number of allylic oxidation sites excluding steroid dienone is 2. The Balaban J connectivity index is 0.000000540. The molecule has 0 radical (unpaired) electrons. The summed E-state index contributed by atoms with van der Waals surface area (Å²) in [4.78, 5) is 0. The SMILES string of the molecule is C=C(OS(=O)(=O)C(F)(F)F)[C@H](C)C[C@H](C)CC[C@@H]1O[C@@H](CCCC)CC1=C.C=C(OS(=O)(=O)C(F)(F)F)[C@H](C)C[C@H](O)CC[C@@H]1O[C@@H](CCCO)CC1=C. The van der Waals surface area contributed by atoms with Gasteiger partial charge < -0.3 is 28.1 Å². The molecule has 2 aliphatic rings. The number of hydrogen-bond acceptors (Lipinski definition) is 10. The van der Waals surface area contributed by atoms with Gasteiger partial charge in [-0.15, -0.1) is 0 Å². The molecule has 2 aliphatic heterocycles. The molecule has 2 heterocycles. The van der Waals surface area contributed by atoms with E-state index < -0.39 is 55.0 Å². The Morgan fingerprint density at radius 2 is 1.17 bits per heavy atom. The molecule has 2 fully saturated rings. The summed E-state index contributed by atoms with van der Waals surface area (Å²) < 4.78 is 138. The van der Waals surface area contributed by atoms with Crippen LogP contribution in [0.3, 0.4) is 0 Å². The van der Waals surface area contributed by atoms with Crippen molar-refractivity contribution in [1.82, 2.24) is 0 Å². The zero-order chi connectivity index (χ0) is 41.7. The summed E-state index contributed by atoms with van der Waals surface area (Å²) >= 11 is 0. The number of rotatable bonds is 22. The molecule has 0 spiro atoms. The van der Waals surface area contributed by atoms with Gasteiger partial charge in [-0.25, -0.2) is 0 Å². The molecule has 0 aromatic rings. The van der Waals surface area contributed by atoms with E-state index in [1.165, 1.54) is 6.92 Å². The molecular weight excluding hydrogens is 771 g/mol. The van der Waals surface area contributed by atoms with Crippen LogP contribution < -0.4 is 0 Å². The second kappa shape index (κ2) is 22.0. The lowest BCUT2D eigenvalue weighted by Crippen LogP contribution is -2.27. The first-order valence-electron chi connectivity index (χ1n) is 18.1. The first-order chi connectivity index (χ1) is 24.7. The molecule has 54 heavy (non-hydrogen) atoms. The fourth-order valence-electron chi connectivity index (χ4n) is 6.07. The molecule has 0 amide bonds. The van der Waals surface area contributed by atoms with Gasteiger partial charge in [0, 0.05) is 18.4 Å². The van der Waals surface area contributed by atoms with Gasteiger partial charge in [0.1, 0.15) is 11.5 Å². The molecule has 8 atom stereocenters. The van der Waals surface area contributed by atoms with Crippen molar-refractivity contribution in [2.45, 2.75) is 153 Å². The molecule has 2 rings (SSSR count). The predicted molar refractivity (Wildman–Crippen MR) is 192 cm³/mol. The molecule has 316 valence electrons. The summed E-state index contributed by atoms with van der Waals surface area (Å²) in [5.74, 6) is -2.11. The average Bonchev–Trinajstić information content (AvgIpc) is 3.59. The zero-order valence-corrected chi connectivity index (χ0v) is 33.2. The summed E-state index contributed by atoms with van der Waals surface area (Å²) in [6, 6.07) is 0. The average molecular weight is 829 g/mol. The highest BCUT2D eigenvalue weighted by Gasteiger charge is 2.50. The Hall–Kier alpha value is -2.12. The van der Waals surface area contributed by atoms with E-state index in [1.807, 2.05) is 6.92 Å². The monoisotopic (exact) mass is 828 g/mol. The second-order valence-electron chi connectivity index (χ2n) is 14.3. The Morgan fingerprint density at radius 1 is 0.759 bits per heavy atom. The minimum atomic E-state index is -5.75. The van der Waals surface area contributed by atoms with E-state index in [1.54, 1.807) is 6.92 Å². The van der Waals surface area contributed by atoms with E-state index in [4.69, 9.17) is 14.6 Å². The highest BCUT2D eigenvalue weighted by Crippen LogP contribution is 2.35. The summed E-state index contributed by atoms with van der Waals surface area (Å²) in [6.45, 7) is 21.8. The predicted octanol–water partition coefficient (Wildman–Crippen LogP) is 8.73. The number of alkyl halides is 6. The van der Waals surface area contributed by atoms with Gasteiger partial charge in [-0.05, 0) is 87.7 Å². The van der Waals surface area contributed by atoms with Gasteiger partial charge in [-0.1, -0.05) is 66.9 Å². The molecular formula is C36H58F6O10S2. The van der Waals surface area contributed by atoms with Gasteiger partial charge in [0.2, 0.25) is 0 Å². The standard InChI is InChI=1S/C19H31F3O4S.C17H27F3O6S/c1-6-7-8-17-12-15(4)18(25-17)10-9-13(2)11-14(3)16(5)26-27(23,24)19(20,21)22;1-11(13(3)26-27(23,24)17(18,19)20)9-14(22)6-7-16-12(2)10-15(25-16)5-4-8-21/h13-14,17-18H,4-12H2,1-3H3;11,14-16,21-22H,2-10H2,1H3/t13-,14-,17+,18+;11-,14-,15+,16+/m11/s1. The smallest absolute Gasteiger partial charge is 0.396 e. The van der Waals surface area contributed by atoms with Crippen LogP contribution in [-0.4, -0.2) is 75.2 Å². The van der Waals surface area contributed by atoms with E-state index in [0.29, 0.717) is 32.1 Å². The van der Waals surface area contributed by atoms with E-state index in [-0.39, 0.29) is 49.1 Å². The van der Waals surface area contributed by atoms with Crippen molar-refractivity contribution in [2.24, 2.45) is 17.8 Å². The molecule has 0 saturated carbocycles. The third kappa shape index (κ3) is 16.9. The Bertz CT molecular complexity index is 1340. The summed E-state index contributed by atoms with van der Waals surface area (Å²) in [5, 5.41) is 18.9. The molecule has 0 aromatic heterocycles. The van der Waals surface area contributed by atoms with Crippen LogP contribution in [0.1, 0.15) is 111 Å². The van der Waals surface area contributed by atoms with Gasteiger partial charge in [-0.2, -0.15) is 43.2 Å². The van der Waals surface area contributed by atoms with Crippen LogP contribution in [0.4, 0.5) is 26.3 Å². The van der Waals surface area contributed by atoms with Crippen molar-refractivity contribution in [2.75, 3.05) is 6.61 Å².